The monoisotopic (exact) mass is 203 g/mol. The molecule has 0 unspecified atom stereocenters. The number of hydrogen-bond acceptors (Lipinski definition) is 3. The Morgan fingerprint density at radius 2 is 2.20 bits per heavy atom. The molecule has 2 heterocycles. The summed E-state index contributed by atoms with van der Waals surface area (Å²) in [6, 6.07) is 5.54. The van der Waals surface area contributed by atoms with Gasteiger partial charge in [0.2, 0.25) is 0 Å². The molecule has 0 radical (unpaired) electrons. The summed E-state index contributed by atoms with van der Waals surface area (Å²) in [7, 11) is 0. The van der Waals surface area contributed by atoms with E-state index in [1.54, 1.807) is 23.9 Å². The standard InChI is InChI=1S/C11H13N3O/c1-8-4-6-14(13-8)11-7-10(9(2)15)3-5-12-11/h3-7,9,15H,1-2H3/t9-/m1/s1. The van der Waals surface area contributed by atoms with Gasteiger partial charge in [-0.15, -0.1) is 0 Å². The van der Waals surface area contributed by atoms with Gasteiger partial charge < -0.3 is 5.11 Å². The van der Waals surface area contributed by atoms with Gasteiger partial charge in [0, 0.05) is 12.4 Å². The van der Waals surface area contributed by atoms with Crippen molar-refractivity contribution in [2.45, 2.75) is 20.0 Å². The highest BCUT2D eigenvalue weighted by atomic mass is 16.3. The molecule has 1 N–H and O–H groups in total. The van der Waals surface area contributed by atoms with E-state index in [-0.39, 0.29) is 0 Å². The Hall–Kier alpha value is -1.68. The van der Waals surface area contributed by atoms with Crippen LogP contribution in [0.1, 0.15) is 24.3 Å². The first-order valence-corrected chi connectivity index (χ1v) is 4.83. The van der Waals surface area contributed by atoms with Gasteiger partial charge in [0.15, 0.2) is 5.82 Å². The second-order valence-electron chi connectivity index (χ2n) is 3.53. The van der Waals surface area contributed by atoms with E-state index in [0.29, 0.717) is 0 Å². The van der Waals surface area contributed by atoms with Crippen LogP contribution in [-0.2, 0) is 0 Å². The maximum atomic E-state index is 9.44. The fraction of sp³-hybridized carbons (Fsp3) is 0.273. The quantitative estimate of drug-likeness (QED) is 0.807. The van der Waals surface area contributed by atoms with E-state index in [9.17, 15) is 5.11 Å². The molecular formula is C11H13N3O. The Balaban J connectivity index is 2.41. The maximum Gasteiger partial charge on any atom is 0.153 e. The molecule has 0 bridgehead atoms. The molecule has 0 saturated carbocycles. The molecule has 0 fully saturated rings. The number of pyridine rings is 1. The van der Waals surface area contributed by atoms with Crippen LogP contribution < -0.4 is 0 Å². The summed E-state index contributed by atoms with van der Waals surface area (Å²) < 4.78 is 1.70. The molecule has 1 atom stereocenters. The highest BCUT2D eigenvalue weighted by molar-refractivity contribution is 5.28. The predicted octanol–water partition coefficient (Wildman–Crippen LogP) is 1.63. The van der Waals surface area contributed by atoms with Gasteiger partial charge in [-0.1, -0.05) is 0 Å². The highest BCUT2D eigenvalue weighted by Gasteiger charge is 2.04. The normalized spacial score (nSPS) is 12.7. The van der Waals surface area contributed by atoms with Crippen molar-refractivity contribution < 1.29 is 5.11 Å². The van der Waals surface area contributed by atoms with E-state index >= 15 is 0 Å². The second-order valence-corrected chi connectivity index (χ2v) is 3.53. The molecule has 0 aliphatic heterocycles. The molecule has 4 nitrogen and oxygen atoms in total. The summed E-state index contributed by atoms with van der Waals surface area (Å²) in [5.41, 5.74) is 1.78. The first kappa shape index (κ1) is 9.86. The van der Waals surface area contributed by atoms with Crippen LogP contribution in [-0.4, -0.2) is 19.9 Å². The number of aryl methyl sites for hydroxylation is 1. The van der Waals surface area contributed by atoms with Crippen LogP contribution in [0.5, 0.6) is 0 Å². The lowest BCUT2D eigenvalue weighted by atomic mass is 10.2. The van der Waals surface area contributed by atoms with Gasteiger partial charge in [-0.25, -0.2) is 9.67 Å². The van der Waals surface area contributed by atoms with Crippen LogP contribution in [0.3, 0.4) is 0 Å². The predicted molar refractivity (Wildman–Crippen MR) is 56.7 cm³/mol. The molecule has 4 heteroatoms. The smallest absolute Gasteiger partial charge is 0.153 e. The second kappa shape index (κ2) is 3.82. The van der Waals surface area contributed by atoms with Crippen LogP contribution in [0.25, 0.3) is 5.82 Å². The van der Waals surface area contributed by atoms with E-state index in [1.165, 1.54) is 0 Å². The van der Waals surface area contributed by atoms with Crippen molar-refractivity contribution >= 4 is 0 Å². The van der Waals surface area contributed by atoms with Crippen molar-refractivity contribution in [3.8, 4) is 5.82 Å². The lowest BCUT2D eigenvalue weighted by molar-refractivity contribution is 0.199. The molecule has 2 aromatic rings. The lowest BCUT2D eigenvalue weighted by Gasteiger charge is -2.06. The van der Waals surface area contributed by atoms with Crippen LogP contribution >= 0.6 is 0 Å². The van der Waals surface area contributed by atoms with Gasteiger partial charge in [-0.2, -0.15) is 5.10 Å². The third-order valence-electron chi connectivity index (χ3n) is 2.21. The third-order valence-corrected chi connectivity index (χ3v) is 2.21. The molecule has 0 aliphatic rings. The fourth-order valence-corrected chi connectivity index (χ4v) is 1.36. The van der Waals surface area contributed by atoms with Crippen molar-refractivity contribution in [1.82, 2.24) is 14.8 Å². The molecule has 0 aromatic carbocycles. The number of rotatable bonds is 2. The summed E-state index contributed by atoms with van der Waals surface area (Å²) in [5.74, 6) is 0.724. The fourth-order valence-electron chi connectivity index (χ4n) is 1.36. The van der Waals surface area contributed by atoms with Gasteiger partial charge >= 0.3 is 0 Å². The largest absolute Gasteiger partial charge is 0.389 e. The van der Waals surface area contributed by atoms with Gasteiger partial charge in [0.05, 0.1) is 11.8 Å². The van der Waals surface area contributed by atoms with Crippen LogP contribution in [0.2, 0.25) is 0 Å². The zero-order chi connectivity index (χ0) is 10.8. The Morgan fingerprint density at radius 3 is 2.80 bits per heavy atom. The summed E-state index contributed by atoms with van der Waals surface area (Å²) >= 11 is 0. The molecule has 15 heavy (non-hydrogen) atoms. The topological polar surface area (TPSA) is 50.9 Å². The van der Waals surface area contributed by atoms with Crippen molar-refractivity contribution in [1.29, 1.82) is 0 Å². The minimum absolute atomic E-state index is 0.483. The molecule has 2 rings (SSSR count). The van der Waals surface area contributed by atoms with Crippen molar-refractivity contribution in [3.63, 3.8) is 0 Å². The van der Waals surface area contributed by atoms with Gasteiger partial charge in [-0.05, 0) is 37.6 Å². The van der Waals surface area contributed by atoms with Crippen LogP contribution in [0.4, 0.5) is 0 Å². The highest BCUT2D eigenvalue weighted by Crippen LogP contribution is 2.13. The maximum absolute atomic E-state index is 9.44. The minimum atomic E-state index is -0.483. The zero-order valence-corrected chi connectivity index (χ0v) is 8.75. The van der Waals surface area contributed by atoms with E-state index in [0.717, 1.165) is 17.1 Å². The number of aliphatic hydroxyl groups excluding tert-OH is 1. The van der Waals surface area contributed by atoms with E-state index < -0.39 is 6.10 Å². The number of nitrogens with zero attached hydrogens (tertiary/aromatic N) is 3. The van der Waals surface area contributed by atoms with Gasteiger partial charge in [0.25, 0.3) is 0 Å². The summed E-state index contributed by atoms with van der Waals surface area (Å²) in [6.07, 6.45) is 3.04. The van der Waals surface area contributed by atoms with Crippen LogP contribution in [0, 0.1) is 6.92 Å². The molecule has 0 amide bonds. The van der Waals surface area contributed by atoms with Gasteiger partial charge in [0.1, 0.15) is 0 Å². The number of hydrogen-bond donors (Lipinski definition) is 1. The molecule has 78 valence electrons. The summed E-state index contributed by atoms with van der Waals surface area (Å²) in [5, 5.41) is 13.7. The third kappa shape index (κ3) is 2.05. The van der Waals surface area contributed by atoms with Crippen molar-refractivity contribution in [2.24, 2.45) is 0 Å². The van der Waals surface area contributed by atoms with Crippen molar-refractivity contribution in [2.75, 3.05) is 0 Å². The summed E-state index contributed by atoms with van der Waals surface area (Å²) in [4.78, 5) is 4.19. The molecule has 0 aliphatic carbocycles. The minimum Gasteiger partial charge on any atom is -0.389 e. The Bertz CT molecular complexity index is 462. The molecule has 0 spiro atoms. The van der Waals surface area contributed by atoms with E-state index in [1.807, 2.05) is 25.3 Å². The average molecular weight is 203 g/mol. The Kier molecular flexibility index (Phi) is 2.51. The van der Waals surface area contributed by atoms with E-state index in [2.05, 4.69) is 10.1 Å². The Morgan fingerprint density at radius 1 is 1.40 bits per heavy atom. The molecular weight excluding hydrogens is 190 g/mol. The Labute approximate surface area is 88.2 Å². The SMILES string of the molecule is Cc1ccn(-c2cc([C@@H](C)O)ccn2)n1. The first-order chi connectivity index (χ1) is 7.16. The number of aliphatic hydroxyl groups is 1. The van der Waals surface area contributed by atoms with Crippen LogP contribution in [0.15, 0.2) is 30.6 Å². The number of aromatic nitrogens is 3. The molecule has 2 aromatic heterocycles. The first-order valence-electron chi connectivity index (χ1n) is 4.83. The average Bonchev–Trinajstić information content (AvgIpc) is 2.65. The van der Waals surface area contributed by atoms with Gasteiger partial charge in [-0.3, -0.25) is 0 Å². The molecule has 0 saturated heterocycles. The van der Waals surface area contributed by atoms with Crippen molar-refractivity contribution in [3.05, 3.63) is 41.9 Å². The zero-order valence-electron chi connectivity index (χ0n) is 8.75. The summed E-state index contributed by atoms with van der Waals surface area (Å²) in [6.45, 7) is 3.66. The lowest BCUT2D eigenvalue weighted by Crippen LogP contribution is -2.00. The van der Waals surface area contributed by atoms with E-state index in [4.69, 9.17) is 0 Å².